The van der Waals surface area contributed by atoms with Crippen molar-refractivity contribution in [1.29, 1.82) is 0 Å². The van der Waals surface area contributed by atoms with Gasteiger partial charge in [0.15, 0.2) is 24.0 Å². The Kier molecular flexibility index (Phi) is 19.0. The van der Waals surface area contributed by atoms with Crippen LogP contribution in [0.2, 0.25) is 0 Å². The zero-order chi connectivity index (χ0) is 29.0. The molecule has 0 aliphatic heterocycles. The van der Waals surface area contributed by atoms with Crippen LogP contribution in [0.5, 0.6) is 0 Å². The van der Waals surface area contributed by atoms with Gasteiger partial charge in [-0.05, 0) is 17.9 Å². The smallest absolute Gasteiger partial charge is 0.169 e. The Morgan fingerprint density at radius 2 is 0.929 bits per heavy atom. The first-order valence-electron chi connectivity index (χ1n) is 16.3. The number of carbonyl (C=O) groups is 2. The number of ketones is 2. The van der Waals surface area contributed by atoms with Crippen LogP contribution in [0.25, 0.3) is 0 Å². The van der Waals surface area contributed by atoms with E-state index < -0.39 is 0 Å². The summed E-state index contributed by atoms with van der Waals surface area (Å²) >= 11 is 0. The number of hydrogen-bond donors (Lipinski definition) is 0. The van der Waals surface area contributed by atoms with Crippen molar-refractivity contribution in [2.45, 2.75) is 122 Å². The lowest BCUT2D eigenvalue weighted by Gasteiger charge is -2.16. The normalized spacial score (nSPS) is 10.9. The largest absolute Gasteiger partial charge is 1.00 e. The minimum atomic E-state index is -0.147. The molecule has 228 valence electrons. The first-order valence-corrected chi connectivity index (χ1v) is 16.3. The Morgan fingerprint density at radius 1 is 0.548 bits per heavy atom. The summed E-state index contributed by atoms with van der Waals surface area (Å²) in [5.74, 6) is 0.0114. The highest BCUT2D eigenvalue weighted by molar-refractivity contribution is 5.99. The van der Waals surface area contributed by atoms with Crippen LogP contribution in [0.15, 0.2) is 85.2 Å². The minimum absolute atomic E-state index is 0. The molecule has 3 nitrogen and oxygen atoms in total. The molecule has 0 saturated heterocycles. The van der Waals surface area contributed by atoms with Gasteiger partial charge in [0.1, 0.15) is 6.54 Å². The van der Waals surface area contributed by atoms with E-state index in [0.717, 1.165) is 12.1 Å². The van der Waals surface area contributed by atoms with Gasteiger partial charge < -0.3 is 24.0 Å². The molecule has 0 bridgehead atoms. The number of aromatic nitrogens is 1. The number of benzene rings is 2. The lowest BCUT2D eigenvalue weighted by atomic mass is 9.86. The highest BCUT2D eigenvalue weighted by Gasteiger charge is 2.22. The number of hydrogen-bond acceptors (Lipinski definition) is 2. The zero-order valence-electron chi connectivity index (χ0n) is 25.8. The summed E-state index contributed by atoms with van der Waals surface area (Å²) < 4.78 is 2.24. The fraction of sp³-hybridized carbons (Fsp3) is 0.500. The lowest BCUT2D eigenvalue weighted by Crippen LogP contribution is -3.00. The van der Waals surface area contributed by atoms with E-state index in [1.807, 2.05) is 60.7 Å². The summed E-state index contributed by atoms with van der Waals surface area (Å²) in [4.78, 5) is 26.1. The third-order valence-electron chi connectivity index (χ3n) is 8.21. The predicted octanol–water partition coefficient (Wildman–Crippen LogP) is 7.09. The maximum absolute atomic E-state index is 13.1. The Balaban J connectivity index is 0.00000616. The van der Waals surface area contributed by atoms with Gasteiger partial charge in [0.25, 0.3) is 0 Å². The second kappa shape index (κ2) is 22.2. The summed E-state index contributed by atoms with van der Waals surface area (Å²) in [5.41, 5.74) is 2.46. The molecule has 3 rings (SSSR count). The SMILES string of the molecule is CCCCCCCCCCCCCCCC[n+]1ccc(C(CC(=O)c2ccccc2)CC(=O)c2ccccc2)cc1.[I-]. The van der Waals surface area contributed by atoms with Gasteiger partial charge in [-0.3, -0.25) is 9.59 Å². The molecule has 1 aromatic heterocycles. The molecule has 0 unspecified atom stereocenters. The zero-order valence-corrected chi connectivity index (χ0v) is 28.0. The number of Topliss-reactive ketones (excluding diaryl/α,β-unsaturated/α-hetero) is 2. The third-order valence-corrected chi connectivity index (χ3v) is 8.21. The molecule has 42 heavy (non-hydrogen) atoms. The van der Waals surface area contributed by atoms with Gasteiger partial charge in [-0.25, -0.2) is 4.57 Å². The van der Waals surface area contributed by atoms with E-state index in [9.17, 15) is 9.59 Å². The van der Waals surface area contributed by atoms with Crippen molar-refractivity contribution in [1.82, 2.24) is 0 Å². The number of nitrogens with zero attached hydrogens (tertiary/aromatic N) is 1. The Labute approximate surface area is 272 Å². The van der Waals surface area contributed by atoms with Crippen molar-refractivity contribution in [3.8, 4) is 0 Å². The minimum Gasteiger partial charge on any atom is -1.00 e. The van der Waals surface area contributed by atoms with E-state index in [4.69, 9.17) is 0 Å². The first kappa shape index (κ1) is 35.9. The quantitative estimate of drug-likeness (QED) is 0.0492. The van der Waals surface area contributed by atoms with Gasteiger partial charge in [-0.1, -0.05) is 145 Å². The molecule has 0 atom stereocenters. The maximum Gasteiger partial charge on any atom is 0.169 e. The maximum atomic E-state index is 13.1. The van der Waals surface area contributed by atoms with Gasteiger partial charge in [0, 0.05) is 42.5 Å². The van der Waals surface area contributed by atoms with Crippen molar-refractivity contribution in [3.63, 3.8) is 0 Å². The van der Waals surface area contributed by atoms with Crippen LogP contribution >= 0.6 is 0 Å². The molecular weight excluding hydrogens is 629 g/mol. The van der Waals surface area contributed by atoms with E-state index in [2.05, 4.69) is 36.0 Å². The Morgan fingerprint density at radius 3 is 1.33 bits per heavy atom. The number of aryl methyl sites for hydroxylation is 1. The Bertz CT molecular complexity index is 1060. The van der Waals surface area contributed by atoms with Gasteiger partial charge in [0.05, 0.1) is 0 Å². The highest BCUT2D eigenvalue weighted by atomic mass is 127. The number of pyridine rings is 1. The monoisotopic (exact) mass is 681 g/mol. The average molecular weight is 682 g/mol. The summed E-state index contributed by atoms with van der Waals surface area (Å²) in [6.07, 6.45) is 24.0. The first-order chi connectivity index (χ1) is 20.2. The van der Waals surface area contributed by atoms with Gasteiger partial charge in [0.2, 0.25) is 0 Å². The highest BCUT2D eigenvalue weighted by Crippen LogP contribution is 2.27. The van der Waals surface area contributed by atoms with Crippen LogP contribution < -0.4 is 28.5 Å². The third kappa shape index (κ3) is 14.2. The van der Waals surface area contributed by atoms with Gasteiger partial charge >= 0.3 is 0 Å². The fourth-order valence-electron chi connectivity index (χ4n) is 5.62. The van der Waals surface area contributed by atoms with Crippen LogP contribution in [0.3, 0.4) is 0 Å². The van der Waals surface area contributed by atoms with E-state index >= 15 is 0 Å². The molecular formula is C38H52INO2. The molecule has 3 aromatic rings. The topological polar surface area (TPSA) is 38.0 Å². The van der Waals surface area contributed by atoms with Gasteiger partial charge in [-0.15, -0.1) is 0 Å². The van der Waals surface area contributed by atoms with Crippen LogP contribution in [0.4, 0.5) is 0 Å². The van der Waals surface area contributed by atoms with Crippen molar-refractivity contribution < 1.29 is 38.1 Å². The van der Waals surface area contributed by atoms with Crippen molar-refractivity contribution in [3.05, 3.63) is 102 Å². The van der Waals surface area contributed by atoms with Crippen molar-refractivity contribution in [2.75, 3.05) is 0 Å². The van der Waals surface area contributed by atoms with Crippen LogP contribution in [0, 0.1) is 0 Å². The fourth-order valence-corrected chi connectivity index (χ4v) is 5.62. The molecule has 0 saturated carbocycles. The van der Waals surface area contributed by atoms with Crippen molar-refractivity contribution in [2.24, 2.45) is 0 Å². The second-order valence-electron chi connectivity index (χ2n) is 11.6. The van der Waals surface area contributed by atoms with Crippen LogP contribution in [-0.4, -0.2) is 11.6 Å². The summed E-state index contributed by atoms with van der Waals surface area (Å²) in [5, 5.41) is 0. The summed E-state index contributed by atoms with van der Waals surface area (Å²) in [6, 6.07) is 23.0. The van der Waals surface area contributed by atoms with E-state index in [1.54, 1.807) is 0 Å². The molecule has 0 fully saturated rings. The molecule has 0 amide bonds. The Hall–Kier alpha value is -2.34. The molecule has 0 aliphatic rings. The summed E-state index contributed by atoms with van der Waals surface area (Å²) in [7, 11) is 0. The van der Waals surface area contributed by atoms with E-state index in [0.29, 0.717) is 24.0 Å². The summed E-state index contributed by atoms with van der Waals surface area (Å²) in [6.45, 7) is 3.29. The molecule has 4 heteroatoms. The second-order valence-corrected chi connectivity index (χ2v) is 11.6. The van der Waals surface area contributed by atoms with E-state index in [1.165, 1.54) is 89.9 Å². The molecule has 2 aromatic carbocycles. The molecule has 0 radical (unpaired) electrons. The standard InChI is InChI=1S/C38H52NO2.HI/c1-2-3-4-5-6-7-8-9-10-11-12-13-14-21-28-39-29-26-33(27-30-39)36(31-37(40)34-22-17-15-18-23-34)32-38(41)35-24-19-16-20-25-35;/h15-20,22-27,29-30,36H,2-14,21,28,31-32H2,1H3;1H/q+1;/p-1. The van der Waals surface area contributed by atoms with Gasteiger partial charge in [-0.2, -0.15) is 0 Å². The van der Waals surface area contributed by atoms with Crippen molar-refractivity contribution >= 4 is 11.6 Å². The number of unbranched alkanes of at least 4 members (excludes halogenated alkanes) is 13. The van der Waals surface area contributed by atoms with Crippen LogP contribution in [-0.2, 0) is 6.54 Å². The molecule has 0 N–H and O–H groups in total. The number of halogens is 1. The average Bonchev–Trinajstić information content (AvgIpc) is 3.02. The van der Waals surface area contributed by atoms with E-state index in [-0.39, 0.29) is 41.5 Å². The predicted molar refractivity (Wildman–Crippen MR) is 170 cm³/mol. The molecule has 1 heterocycles. The number of carbonyl (C=O) groups excluding carboxylic acids is 2. The lowest BCUT2D eigenvalue weighted by molar-refractivity contribution is -0.697. The molecule has 0 spiro atoms. The van der Waals surface area contributed by atoms with Crippen LogP contribution in [0.1, 0.15) is 142 Å². The molecule has 0 aliphatic carbocycles. The number of rotatable bonds is 22.